The Balaban J connectivity index is 1.43. The third kappa shape index (κ3) is 3.63. The number of carbonyl (C=O) groups is 2. The Bertz CT molecular complexity index is 1210. The van der Waals surface area contributed by atoms with Crippen molar-refractivity contribution in [2.24, 2.45) is 0 Å². The van der Waals surface area contributed by atoms with E-state index in [9.17, 15) is 9.59 Å². The average molecular weight is 471 g/mol. The molecule has 0 N–H and O–H groups in total. The Labute approximate surface area is 194 Å². The molecular formula is C22H20Cl2N6O2. The number of aromatic nitrogens is 4. The Morgan fingerprint density at radius 3 is 2.78 bits per heavy atom. The zero-order chi connectivity index (χ0) is 22.4. The Morgan fingerprint density at radius 1 is 1.19 bits per heavy atom. The smallest absolute Gasteiger partial charge is 0.272 e. The van der Waals surface area contributed by atoms with Crippen LogP contribution < -0.4 is 0 Å². The number of hydrogen-bond acceptors (Lipinski definition) is 5. The number of rotatable bonds is 3. The molecule has 3 aromatic rings. The van der Waals surface area contributed by atoms with Crippen LogP contribution in [0.15, 0.2) is 36.8 Å². The van der Waals surface area contributed by atoms with Gasteiger partial charge in [-0.3, -0.25) is 24.2 Å². The molecule has 1 aromatic carbocycles. The number of nitrogens with zero attached hydrogens (tertiary/aromatic N) is 6. The monoisotopic (exact) mass is 470 g/mol. The zero-order valence-corrected chi connectivity index (χ0v) is 18.8. The maximum Gasteiger partial charge on any atom is 0.272 e. The molecule has 10 heteroatoms. The molecule has 2 aliphatic heterocycles. The van der Waals surface area contributed by atoms with Crippen LogP contribution in [0.2, 0.25) is 10.0 Å². The van der Waals surface area contributed by atoms with E-state index in [-0.39, 0.29) is 17.9 Å². The van der Waals surface area contributed by atoms with Gasteiger partial charge in [0.15, 0.2) is 0 Å². The summed E-state index contributed by atoms with van der Waals surface area (Å²) in [6, 6.07) is 4.80. The highest BCUT2D eigenvalue weighted by atomic mass is 35.5. The third-order valence-electron chi connectivity index (χ3n) is 5.95. The average Bonchev–Trinajstić information content (AvgIpc) is 3.15. The topological polar surface area (TPSA) is 84.2 Å². The molecule has 2 aromatic heterocycles. The summed E-state index contributed by atoms with van der Waals surface area (Å²) in [4.78, 5) is 38.5. The quantitative estimate of drug-likeness (QED) is 0.586. The first-order chi connectivity index (χ1) is 15.4. The first-order valence-electron chi connectivity index (χ1n) is 10.3. The van der Waals surface area contributed by atoms with Gasteiger partial charge < -0.3 is 9.80 Å². The van der Waals surface area contributed by atoms with Gasteiger partial charge in [0.1, 0.15) is 5.69 Å². The summed E-state index contributed by atoms with van der Waals surface area (Å²) in [5, 5.41) is 5.42. The Kier molecular flexibility index (Phi) is 5.35. The van der Waals surface area contributed by atoms with Gasteiger partial charge in [-0.05, 0) is 25.1 Å². The summed E-state index contributed by atoms with van der Waals surface area (Å²) in [7, 11) is 0. The lowest BCUT2D eigenvalue weighted by Crippen LogP contribution is -2.44. The second kappa shape index (κ2) is 8.18. The van der Waals surface area contributed by atoms with Gasteiger partial charge >= 0.3 is 0 Å². The maximum atomic E-state index is 13.3. The van der Waals surface area contributed by atoms with Crippen molar-refractivity contribution in [1.29, 1.82) is 0 Å². The number of carbonyl (C=O) groups excluding carboxylic acids is 2. The summed E-state index contributed by atoms with van der Waals surface area (Å²) in [6.45, 7) is 3.83. The normalized spacial score (nSPS) is 17.8. The third-order valence-corrected chi connectivity index (χ3v) is 6.69. The summed E-state index contributed by atoms with van der Waals surface area (Å²) in [6.07, 6.45) is 5.46. The summed E-state index contributed by atoms with van der Waals surface area (Å²) >= 11 is 12.1. The lowest BCUT2D eigenvalue weighted by Gasteiger charge is -2.34. The van der Waals surface area contributed by atoms with E-state index < -0.39 is 0 Å². The summed E-state index contributed by atoms with van der Waals surface area (Å²) in [5.74, 6) is -0.256. The SMILES string of the molecule is C[C@@H]1Cc2nn3c(c2CN1C(=O)c1ccc(Cl)c(Cl)c1)C(=O)N(Cc1cnccn1)CC3. The van der Waals surface area contributed by atoms with Gasteiger partial charge in [-0.1, -0.05) is 23.2 Å². The molecule has 0 unspecified atom stereocenters. The van der Waals surface area contributed by atoms with Gasteiger partial charge in [0.25, 0.3) is 11.8 Å². The molecular weight excluding hydrogens is 451 g/mol. The summed E-state index contributed by atoms with van der Waals surface area (Å²) in [5.41, 5.74) is 3.43. The van der Waals surface area contributed by atoms with Crippen LogP contribution in [0.3, 0.4) is 0 Å². The highest BCUT2D eigenvalue weighted by Crippen LogP contribution is 2.31. The number of benzene rings is 1. The van der Waals surface area contributed by atoms with Crippen LogP contribution in [-0.2, 0) is 26.1 Å². The standard InChI is InChI=1S/C22H20Cl2N6O2/c1-13-8-19-16(12-29(13)21(31)14-2-3-17(23)18(24)9-14)20-22(32)28(6-7-30(20)27-19)11-15-10-25-4-5-26-15/h2-5,9-10,13H,6-8,11-12H2,1H3/t13-/m1/s1. The minimum Gasteiger partial charge on any atom is -0.331 e. The minimum atomic E-state index is -0.152. The van der Waals surface area contributed by atoms with Crippen LogP contribution in [0.25, 0.3) is 0 Å². The first-order valence-corrected chi connectivity index (χ1v) is 11.1. The lowest BCUT2D eigenvalue weighted by atomic mass is 9.97. The highest BCUT2D eigenvalue weighted by molar-refractivity contribution is 6.42. The van der Waals surface area contributed by atoms with E-state index >= 15 is 0 Å². The molecule has 0 aliphatic carbocycles. The fraction of sp³-hybridized carbons (Fsp3) is 0.318. The van der Waals surface area contributed by atoms with Crippen molar-refractivity contribution >= 4 is 35.0 Å². The van der Waals surface area contributed by atoms with Gasteiger partial charge in [-0.2, -0.15) is 5.10 Å². The van der Waals surface area contributed by atoms with Crippen molar-refractivity contribution in [2.75, 3.05) is 6.54 Å². The van der Waals surface area contributed by atoms with E-state index in [0.717, 1.165) is 17.0 Å². The van der Waals surface area contributed by atoms with Crippen LogP contribution in [-0.4, -0.2) is 53.9 Å². The maximum absolute atomic E-state index is 13.3. The molecule has 0 spiro atoms. The molecule has 2 amide bonds. The van der Waals surface area contributed by atoms with Crippen molar-refractivity contribution in [2.45, 2.75) is 39.0 Å². The first kappa shape index (κ1) is 20.9. The zero-order valence-electron chi connectivity index (χ0n) is 17.3. The van der Waals surface area contributed by atoms with E-state index in [2.05, 4.69) is 9.97 Å². The van der Waals surface area contributed by atoms with Crippen LogP contribution in [0.4, 0.5) is 0 Å². The molecule has 0 saturated heterocycles. The number of hydrogen-bond donors (Lipinski definition) is 0. The highest BCUT2D eigenvalue weighted by Gasteiger charge is 2.37. The number of amides is 2. The molecule has 0 fully saturated rings. The van der Waals surface area contributed by atoms with Crippen LogP contribution >= 0.6 is 23.2 Å². The Morgan fingerprint density at radius 2 is 2.03 bits per heavy atom. The fourth-order valence-electron chi connectivity index (χ4n) is 4.29. The van der Waals surface area contributed by atoms with Crippen LogP contribution in [0.5, 0.6) is 0 Å². The van der Waals surface area contributed by atoms with Gasteiger partial charge in [0.05, 0.1) is 47.3 Å². The largest absolute Gasteiger partial charge is 0.331 e. The minimum absolute atomic E-state index is 0.0628. The van der Waals surface area contributed by atoms with Gasteiger partial charge in [0, 0.05) is 42.5 Å². The predicted molar refractivity (Wildman–Crippen MR) is 119 cm³/mol. The lowest BCUT2D eigenvalue weighted by molar-refractivity contribution is 0.0636. The molecule has 4 heterocycles. The molecule has 5 rings (SSSR count). The number of halogens is 2. The van der Waals surface area contributed by atoms with Crippen molar-refractivity contribution in [3.05, 3.63) is 75.0 Å². The number of fused-ring (bicyclic) bond motifs is 3. The van der Waals surface area contributed by atoms with E-state index in [1.807, 2.05) is 6.92 Å². The molecule has 0 saturated carbocycles. The molecule has 8 nitrogen and oxygen atoms in total. The van der Waals surface area contributed by atoms with Crippen molar-refractivity contribution in [3.63, 3.8) is 0 Å². The van der Waals surface area contributed by atoms with E-state index in [1.165, 1.54) is 0 Å². The van der Waals surface area contributed by atoms with Gasteiger partial charge in [-0.25, -0.2) is 0 Å². The van der Waals surface area contributed by atoms with Crippen LogP contribution in [0.1, 0.15) is 44.7 Å². The van der Waals surface area contributed by atoms with E-state index in [4.69, 9.17) is 28.3 Å². The van der Waals surface area contributed by atoms with Gasteiger partial charge in [-0.15, -0.1) is 0 Å². The second-order valence-corrected chi connectivity index (χ2v) is 8.85. The Hall–Kier alpha value is -2.97. The van der Waals surface area contributed by atoms with Crippen LogP contribution in [0, 0.1) is 0 Å². The van der Waals surface area contributed by atoms with Crippen molar-refractivity contribution in [3.8, 4) is 0 Å². The summed E-state index contributed by atoms with van der Waals surface area (Å²) < 4.78 is 1.78. The molecule has 0 radical (unpaired) electrons. The van der Waals surface area contributed by atoms with Gasteiger partial charge in [0.2, 0.25) is 0 Å². The van der Waals surface area contributed by atoms with Crippen molar-refractivity contribution < 1.29 is 9.59 Å². The molecule has 32 heavy (non-hydrogen) atoms. The van der Waals surface area contributed by atoms with E-state index in [1.54, 1.807) is 51.3 Å². The fourth-order valence-corrected chi connectivity index (χ4v) is 4.59. The molecule has 2 aliphatic rings. The molecule has 0 bridgehead atoms. The molecule has 1 atom stereocenters. The molecule has 164 valence electrons. The van der Waals surface area contributed by atoms with E-state index in [0.29, 0.717) is 53.9 Å². The van der Waals surface area contributed by atoms with Crippen molar-refractivity contribution in [1.82, 2.24) is 29.5 Å². The predicted octanol–water partition coefficient (Wildman–Crippen LogP) is 3.22. The second-order valence-electron chi connectivity index (χ2n) is 8.04.